The van der Waals surface area contributed by atoms with Crippen LogP contribution < -0.4 is 0 Å². The molecule has 0 aliphatic rings. The number of aromatic nitrogens is 1. The van der Waals surface area contributed by atoms with E-state index < -0.39 is 17.8 Å². The van der Waals surface area contributed by atoms with Crippen molar-refractivity contribution in [3.8, 4) is 6.07 Å². The van der Waals surface area contributed by atoms with Gasteiger partial charge >= 0.3 is 0 Å². The SMILES string of the molecule is N#CCc1ncc(I)c(C(F)F)c1F. The summed E-state index contributed by atoms with van der Waals surface area (Å²) in [5.41, 5.74) is -0.908. The second kappa shape index (κ2) is 4.59. The van der Waals surface area contributed by atoms with E-state index in [1.165, 1.54) is 0 Å². The van der Waals surface area contributed by atoms with Crippen LogP contribution >= 0.6 is 22.6 Å². The molecule has 74 valence electrons. The molecule has 1 heterocycles. The molecule has 6 heteroatoms. The molecule has 1 aromatic rings. The van der Waals surface area contributed by atoms with Crippen molar-refractivity contribution in [2.75, 3.05) is 0 Å². The van der Waals surface area contributed by atoms with Gasteiger partial charge in [-0.15, -0.1) is 0 Å². The predicted octanol–water partition coefficient (Wildman–Crippen LogP) is 2.83. The standard InChI is InChI=1S/C8H4F3IN2/c9-7-5(1-2-13)14-3-4(12)6(7)8(10)11/h3,8H,1H2. The zero-order chi connectivity index (χ0) is 10.7. The summed E-state index contributed by atoms with van der Waals surface area (Å²) in [6.07, 6.45) is -2.05. The van der Waals surface area contributed by atoms with E-state index in [0.717, 1.165) is 6.20 Å². The maximum atomic E-state index is 13.3. The first-order chi connectivity index (χ1) is 6.57. The first kappa shape index (κ1) is 11.2. The van der Waals surface area contributed by atoms with Crippen molar-refractivity contribution in [3.05, 3.63) is 26.8 Å². The summed E-state index contributed by atoms with van der Waals surface area (Å²) in [6, 6.07) is 1.66. The van der Waals surface area contributed by atoms with Crippen LogP contribution in [0.2, 0.25) is 0 Å². The molecule has 0 spiro atoms. The molecule has 0 atom stereocenters. The molecule has 0 saturated carbocycles. The van der Waals surface area contributed by atoms with Crippen LogP contribution in [0.1, 0.15) is 17.7 Å². The van der Waals surface area contributed by atoms with Crippen LogP contribution in [0, 0.1) is 20.7 Å². The lowest BCUT2D eigenvalue weighted by molar-refractivity contribution is 0.145. The number of halogens is 4. The number of nitrogens with zero attached hydrogens (tertiary/aromatic N) is 2. The van der Waals surface area contributed by atoms with Crippen LogP contribution in [-0.4, -0.2) is 4.98 Å². The molecule has 0 saturated heterocycles. The van der Waals surface area contributed by atoms with Gasteiger partial charge < -0.3 is 0 Å². The Hall–Kier alpha value is -0.840. The lowest BCUT2D eigenvalue weighted by atomic mass is 10.2. The molecule has 14 heavy (non-hydrogen) atoms. The van der Waals surface area contributed by atoms with Gasteiger partial charge in [-0.25, -0.2) is 13.2 Å². The van der Waals surface area contributed by atoms with E-state index in [0.29, 0.717) is 0 Å². The molecule has 0 aromatic carbocycles. The first-order valence-corrected chi connectivity index (χ1v) is 4.63. The number of hydrogen-bond donors (Lipinski definition) is 0. The van der Waals surface area contributed by atoms with Crippen molar-refractivity contribution in [1.82, 2.24) is 4.98 Å². The lowest BCUT2D eigenvalue weighted by Gasteiger charge is -2.06. The molecular weight excluding hydrogens is 308 g/mol. The highest BCUT2D eigenvalue weighted by molar-refractivity contribution is 14.1. The summed E-state index contributed by atoms with van der Waals surface area (Å²) in [7, 11) is 0. The van der Waals surface area contributed by atoms with Crippen LogP contribution in [0.25, 0.3) is 0 Å². The van der Waals surface area contributed by atoms with E-state index in [4.69, 9.17) is 5.26 Å². The normalized spacial score (nSPS) is 10.3. The molecule has 0 aliphatic carbocycles. The molecule has 0 N–H and O–H groups in total. The highest BCUT2D eigenvalue weighted by Gasteiger charge is 2.20. The Morgan fingerprint density at radius 3 is 2.71 bits per heavy atom. The van der Waals surface area contributed by atoms with E-state index >= 15 is 0 Å². The van der Waals surface area contributed by atoms with Crippen LogP contribution in [0.4, 0.5) is 13.2 Å². The van der Waals surface area contributed by atoms with Gasteiger partial charge in [0.15, 0.2) is 5.82 Å². The average molecular weight is 312 g/mol. The monoisotopic (exact) mass is 312 g/mol. The number of pyridine rings is 1. The van der Waals surface area contributed by atoms with Crippen molar-refractivity contribution >= 4 is 22.6 Å². The third-order valence-corrected chi connectivity index (χ3v) is 2.41. The molecule has 0 fully saturated rings. The highest BCUT2D eigenvalue weighted by Crippen LogP contribution is 2.27. The van der Waals surface area contributed by atoms with Crippen molar-refractivity contribution in [3.63, 3.8) is 0 Å². The van der Waals surface area contributed by atoms with Gasteiger partial charge in [-0.3, -0.25) is 4.98 Å². The van der Waals surface area contributed by atoms with Gasteiger partial charge in [0.1, 0.15) is 0 Å². The van der Waals surface area contributed by atoms with E-state index in [1.54, 1.807) is 28.7 Å². The number of nitriles is 1. The Labute approximate surface area is 91.9 Å². The van der Waals surface area contributed by atoms with E-state index in [9.17, 15) is 13.2 Å². The fourth-order valence-electron chi connectivity index (χ4n) is 0.919. The fraction of sp³-hybridized carbons (Fsp3) is 0.250. The molecule has 0 bridgehead atoms. The van der Waals surface area contributed by atoms with E-state index in [2.05, 4.69) is 4.98 Å². The Balaban J connectivity index is 3.28. The minimum Gasteiger partial charge on any atom is -0.256 e. The molecule has 1 aromatic heterocycles. The maximum Gasteiger partial charge on any atom is 0.267 e. The van der Waals surface area contributed by atoms with Gasteiger partial charge in [-0.1, -0.05) is 0 Å². The molecular formula is C8H4F3IN2. The number of hydrogen-bond acceptors (Lipinski definition) is 2. The third-order valence-electron chi connectivity index (χ3n) is 1.55. The van der Waals surface area contributed by atoms with Crippen LogP contribution in [0.3, 0.4) is 0 Å². The van der Waals surface area contributed by atoms with Crippen LogP contribution in [-0.2, 0) is 6.42 Å². The minimum atomic E-state index is -2.89. The lowest BCUT2D eigenvalue weighted by Crippen LogP contribution is -2.03. The van der Waals surface area contributed by atoms with Crippen molar-refractivity contribution in [1.29, 1.82) is 5.26 Å². The summed E-state index contributed by atoms with van der Waals surface area (Å²) in [5, 5.41) is 8.30. The summed E-state index contributed by atoms with van der Waals surface area (Å²) < 4.78 is 38.0. The molecule has 0 aliphatic heterocycles. The Bertz CT molecular complexity index is 387. The van der Waals surface area contributed by atoms with E-state index in [1.807, 2.05) is 0 Å². The van der Waals surface area contributed by atoms with Gasteiger partial charge in [-0.2, -0.15) is 5.26 Å². The summed E-state index contributed by atoms with van der Waals surface area (Å²) in [5.74, 6) is -1.08. The van der Waals surface area contributed by atoms with Crippen LogP contribution in [0.5, 0.6) is 0 Å². The summed E-state index contributed by atoms with van der Waals surface area (Å²) in [4.78, 5) is 3.57. The van der Waals surface area contributed by atoms with Crippen molar-refractivity contribution < 1.29 is 13.2 Å². The van der Waals surface area contributed by atoms with Crippen molar-refractivity contribution in [2.24, 2.45) is 0 Å². The second-order valence-corrected chi connectivity index (χ2v) is 3.58. The Kier molecular flexibility index (Phi) is 3.69. The Morgan fingerprint density at radius 2 is 2.21 bits per heavy atom. The van der Waals surface area contributed by atoms with Gasteiger partial charge in [0, 0.05) is 9.77 Å². The van der Waals surface area contributed by atoms with Gasteiger partial charge in [0.2, 0.25) is 0 Å². The maximum absolute atomic E-state index is 13.3. The smallest absolute Gasteiger partial charge is 0.256 e. The summed E-state index contributed by atoms with van der Waals surface area (Å²) >= 11 is 1.58. The molecule has 0 unspecified atom stereocenters. The van der Waals surface area contributed by atoms with E-state index in [-0.39, 0.29) is 15.7 Å². The Morgan fingerprint density at radius 1 is 1.57 bits per heavy atom. The quantitative estimate of drug-likeness (QED) is 0.788. The van der Waals surface area contributed by atoms with Gasteiger partial charge in [0.25, 0.3) is 6.43 Å². The minimum absolute atomic E-state index is 0.0665. The number of alkyl halides is 2. The largest absolute Gasteiger partial charge is 0.267 e. The average Bonchev–Trinajstić information content (AvgIpc) is 2.10. The zero-order valence-electron chi connectivity index (χ0n) is 6.77. The highest BCUT2D eigenvalue weighted by atomic mass is 127. The number of rotatable bonds is 2. The second-order valence-electron chi connectivity index (χ2n) is 2.42. The van der Waals surface area contributed by atoms with Gasteiger partial charge in [0.05, 0.1) is 23.7 Å². The molecule has 0 radical (unpaired) electrons. The molecule has 2 nitrogen and oxygen atoms in total. The van der Waals surface area contributed by atoms with Crippen LogP contribution in [0.15, 0.2) is 6.20 Å². The first-order valence-electron chi connectivity index (χ1n) is 3.55. The molecule has 1 rings (SSSR count). The fourth-order valence-corrected chi connectivity index (χ4v) is 1.53. The third kappa shape index (κ3) is 2.15. The topological polar surface area (TPSA) is 36.7 Å². The van der Waals surface area contributed by atoms with Gasteiger partial charge in [-0.05, 0) is 22.6 Å². The summed E-state index contributed by atoms with van der Waals surface area (Å²) in [6.45, 7) is 0. The predicted molar refractivity (Wildman–Crippen MR) is 51.2 cm³/mol. The van der Waals surface area contributed by atoms with Crippen molar-refractivity contribution in [2.45, 2.75) is 12.8 Å². The zero-order valence-corrected chi connectivity index (χ0v) is 8.93. The molecule has 0 amide bonds.